The van der Waals surface area contributed by atoms with Gasteiger partial charge in [-0.2, -0.15) is 4.80 Å². The van der Waals surface area contributed by atoms with Crippen LogP contribution < -0.4 is 0 Å². The molecule has 4 aromatic rings. The zero-order valence-corrected chi connectivity index (χ0v) is 12.7. The summed E-state index contributed by atoms with van der Waals surface area (Å²) in [6, 6.07) is 20.1. The van der Waals surface area contributed by atoms with Crippen LogP contribution >= 0.6 is 0 Å². The van der Waals surface area contributed by atoms with E-state index in [-0.39, 0.29) is 0 Å². The first-order chi connectivity index (χ1) is 11.3. The predicted octanol–water partition coefficient (Wildman–Crippen LogP) is 3.25. The lowest BCUT2D eigenvalue weighted by Gasteiger charge is -2.06. The van der Waals surface area contributed by atoms with Crippen molar-refractivity contribution >= 4 is 10.9 Å². The predicted molar refractivity (Wildman–Crippen MR) is 88.8 cm³/mol. The van der Waals surface area contributed by atoms with Gasteiger partial charge in [-0.15, -0.1) is 10.2 Å². The zero-order valence-electron chi connectivity index (χ0n) is 12.7. The number of hydrogen-bond acceptors (Lipinski definition) is 4. The largest absolute Gasteiger partial charge is 0.253 e. The molecule has 112 valence electrons. The van der Waals surface area contributed by atoms with Gasteiger partial charge in [-0.05, 0) is 29.8 Å². The molecule has 2 heterocycles. The number of para-hydroxylation sites is 1. The molecule has 2 aromatic heterocycles. The average molecular weight is 301 g/mol. The Morgan fingerprint density at radius 1 is 0.957 bits per heavy atom. The number of benzene rings is 2. The number of fused-ring (bicyclic) bond motifs is 1. The van der Waals surface area contributed by atoms with Crippen LogP contribution in [0.4, 0.5) is 0 Å². The van der Waals surface area contributed by atoms with Gasteiger partial charge in [0.2, 0.25) is 5.82 Å². The van der Waals surface area contributed by atoms with Crippen LogP contribution in [0.25, 0.3) is 22.3 Å². The van der Waals surface area contributed by atoms with E-state index in [1.54, 1.807) is 4.80 Å². The molecule has 0 amide bonds. The van der Waals surface area contributed by atoms with Crippen LogP contribution in [-0.2, 0) is 6.54 Å². The highest BCUT2D eigenvalue weighted by Crippen LogP contribution is 2.19. The Labute approximate surface area is 133 Å². The molecule has 0 aliphatic rings. The molecule has 4 rings (SSSR count). The lowest BCUT2D eigenvalue weighted by Crippen LogP contribution is -2.05. The van der Waals surface area contributed by atoms with Gasteiger partial charge in [-0.1, -0.05) is 48.5 Å². The van der Waals surface area contributed by atoms with Crippen molar-refractivity contribution in [1.29, 1.82) is 0 Å². The smallest absolute Gasteiger partial charge is 0.204 e. The van der Waals surface area contributed by atoms with Crippen LogP contribution in [0.15, 0.2) is 60.7 Å². The molecule has 0 N–H and O–H groups in total. The first-order valence-corrected chi connectivity index (χ1v) is 7.48. The number of rotatable bonds is 3. The Morgan fingerprint density at radius 3 is 2.61 bits per heavy atom. The van der Waals surface area contributed by atoms with Crippen molar-refractivity contribution in [2.24, 2.45) is 0 Å². The number of nitrogens with zero attached hydrogens (tertiary/aromatic N) is 5. The molecule has 0 saturated carbocycles. The van der Waals surface area contributed by atoms with Crippen molar-refractivity contribution < 1.29 is 0 Å². The minimum Gasteiger partial charge on any atom is -0.253 e. The molecular weight excluding hydrogens is 286 g/mol. The number of tetrazole rings is 1. The van der Waals surface area contributed by atoms with Crippen LogP contribution in [0.5, 0.6) is 0 Å². The van der Waals surface area contributed by atoms with E-state index in [1.165, 1.54) is 0 Å². The first kappa shape index (κ1) is 13.6. The van der Waals surface area contributed by atoms with Crippen molar-refractivity contribution in [3.63, 3.8) is 0 Å². The van der Waals surface area contributed by atoms with E-state index in [9.17, 15) is 0 Å². The van der Waals surface area contributed by atoms with Gasteiger partial charge in [0.15, 0.2) is 0 Å². The molecule has 0 saturated heterocycles. The Morgan fingerprint density at radius 2 is 1.74 bits per heavy atom. The fourth-order valence-electron chi connectivity index (χ4n) is 2.69. The second-order valence-electron chi connectivity index (χ2n) is 5.45. The zero-order chi connectivity index (χ0) is 15.6. The Hall–Kier alpha value is -3.08. The monoisotopic (exact) mass is 301 g/mol. The Bertz CT molecular complexity index is 959. The first-order valence-electron chi connectivity index (χ1n) is 7.48. The van der Waals surface area contributed by atoms with E-state index in [4.69, 9.17) is 0 Å². The molecule has 0 fully saturated rings. The second kappa shape index (κ2) is 5.61. The van der Waals surface area contributed by atoms with Crippen molar-refractivity contribution in [2.75, 3.05) is 0 Å². The second-order valence-corrected chi connectivity index (χ2v) is 5.45. The summed E-state index contributed by atoms with van der Waals surface area (Å²) in [5, 5.41) is 13.9. The van der Waals surface area contributed by atoms with Crippen LogP contribution in [0, 0.1) is 6.92 Å². The molecule has 2 aromatic carbocycles. The van der Waals surface area contributed by atoms with Crippen LogP contribution in [0.3, 0.4) is 0 Å². The van der Waals surface area contributed by atoms with Crippen LogP contribution in [0.2, 0.25) is 0 Å². The van der Waals surface area contributed by atoms with Crippen molar-refractivity contribution in [3.05, 3.63) is 71.9 Å². The summed E-state index contributed by atoms with van der Waals surface area (Å²) in [6.45, 7) is 2.57. The maximum absolute atomic E-state index is 4.57. The van der Waals surface area contributed by atoms with Gasteiger partial charge in [0.05, 0.1) is 12.1 Å². The molecule has 0 aliphatic heterocycles. The number of pyridine rings is 1. The molecule has 0 aliphatic carbocycles. The van der Waals surface area contributed by atoms with E-state index < -0.39 is 0 Å². The topological polar surface area (TPSA) is 56.5 Å². The maximum Gasteiger partial charge on any atom is 0.204 e. The minimum absolute atomic E-state index is 0.573. The third-order valence-corrected chi connectivity index (χ3v) is 3.73. The van der Waals surface area contributed by atoms with E-state index in [2.05, 4.69) is 32.5 Å². The van der Waals surface area contributed by atoms with Crippen molar-refractivity contribution in [1.82, 2.24) is 25.2 Å². The molecule has 0 unspecified atom stereocenters. The van der Waals surface area contributed by atoms with Crippen molar-refractivity contribution in [3.8, 4) is 11.4 Å². The molecule has 5 nitrogen and oxygen atoms in total. The lowest BCUT2D eigenvalue weighted by atomic mass is 10.1. The van der Waals surface area contributed by atoms with Gasteiger partial charge < -0.3 is 0 Å². The summed E-state index contributed by atoms with van der Waals surface area (Å²) < 4.78 is 0. The third kappa shape index (κ3) is 2.68. The number of aromatic nitrogens is 5. The van der Waals surface area contributed by atoms with Gasteiger partial charge in [-0.25, -0.2) is 0 Å². The van der Waals surface area contributed by atoms with E-state index in [1.807, 2.05) is 55.5 Å². The van der Waals surface area contributed by atoms with Gasteiger partial charge in [0, 0.05) is 16.6 Å². The molecule has 0 radical (unpaired) electrons. The summed E-state index contributed by atoms with van der Waals surface area (Å²) in [7, 11) is 0. The summed E-state index contributed by atoms with van der Waals surface area (Å²) in [5.41, 5.74) is 4.09. The summed E-state index contributed by atoms with van der Waals surface area (Å²) in [4.78, 5) is 6.19. The molecule has 5 heteroatoms. The quantitative estimate of drug-likeness (QED) is 0.583. The summed E-state index contributed by atoms with van der Waals surface area (Å²) in [6.07, 6.45) is 0. The standard InChI is InChI=1S/C18H15N5/c1-13-11-15(16-9-5-6-10-17(16)19-13)12-23-21-18(20-22-23)14-7-3-2-4-8-14/h2-11H,12H2,1H3. The fourth-order valence-corrected chi connectivity index (χ4v) is 2.69. The van der Waals surface area contributed by atoms with Crippen LogP contribution in [0.1, 0.15) is 11.3 Å². The van der Waals surface area contributed by atoms with E-state index in [0.29, 0.717) is 12.4 Å². The van der Waals surface area contributed by atoms with Gasteiger partial charge in [0.25, 0.3) is 0 Å². The van der Waals surface area contributed by atoms with Crippen molar-refractivity contribution in [2.45, 2.75) is 13.5 Å². The van der Waals surface area contributed by atoms with Crippen LogP contribution in [-0.4, -0.2) is 25.2 Å². The highest BCUT2D eigenvalue weighted by molar-refractivity contribution is 5.82. The lowest BCUT2D eigenvalue weighted by molar-refractivity contribution is 0.574. The molecule has 0 bridgehead atoms. The minimum atomic E-state index is 0.573. The molecule has 0 atom stereocenters. The fraction of sp³-hybridized carbons (Fsp3) is 0.111. The number of aryl methyl sites for hydroxylation is 1. The molecule has 0 spiro atoms. The third-order valence-electron chi connectivity index (χ3n) is 3.73. The normalized spacial score (nSPS) is 11.0. The summed E-state index contributed by atoms with van der Waals surface area (Å²) >= 11 is 0. The SMILES string of the molecule is Cc1cc(Cn2nnc(-c3ccccc3)n2)c2ccccc2n1. The van der Waals surface area contributed by atoms with E-state index in [0.717, 1.165) is 27.7 Å². The molecular formula is C18H15N5. The Balaban J connectivity index is 1.70. The highest BCUT2D eigenvalue weighted by atomic mass is 15.6. The average Bonchev–Trinajstić information content (AvgIpc) is 3.04. The number of hydrogen-bond donors (Lipinski definition) is 0. The van der Waals surface area contributed by atoms with Gasteiger partial charge >= 0.3 is 0 Å². The van der Waals surface area contributed by atoms with Gasteiger partial charge in [0.1, 0.15) is 0 Å². The van der Waals surface area contributed by atoms with Gasteiger partial charge in [-0.3, -0.25) is 4.98 Å². The highest BCUT2D eigenvalue weighted by Gasteiger charge is 2.08. The molecule has 23 heavy (non-hydrogen) atoms. The summed E-state index contributed by atoms with van der Waals surface area (Å²) in [5.74, 6) is 0.640. The maximum atomic E-state index is 4.57. The van der Waals surface area contributed by atoms with E-state index >= 15 is 0 Å². The Kier molecular flexibility index (Phi) is 3.31.